The van der Waals surface area contributed by atoms with Gasteiger partial charge in [0, 0.05) is 13.1 Å². The Morgan fingerprint density at radius 1 is 1.37 bits per heavy atom. The van der Waals surface area contributed by atoms with Crippen molar-refractivity contribution in [2.24, 2.45) is 5.73 Å². The molecule has 4 heteroatoms. The topological polar surface area (TPSA) is 66.2 Å². The molecule has 0 aliphatic carbocycles. The second-order valence-corrected chi connectivity index (χ2v) is 4.49. The van der Waals surface area contributed by atoms with E-state index in [9.17, 15) is 0 Å². The molecule has 0 bridgehead atoms. The van der Waals surface area contributed by atoms with E-state index >= 15 is 0 Å². The van der Waals surface area contributed by atoms with Gasteiger partial charge in [0.05, 0.1) is 23.9 Å². The number of benzene rings is 1. The van der Waals surface area contributed by atoms with E-state index in [4.69, 9.17) is 15.4 Å². The number of nitriles is 1. The molecule has 0 spiro atoms. The fraction of sp³-hybridized carbons (Fsp3) is 0.267. The lowest BCUT2D eigenvalue weighted by atomic mass is 10.1. The molecular formula is C15H17N3O. The maximum absolute atomic E-state index is 8.90. The van der Waals surface area contributed by atoms with Crippen molar-refractivity contribution in [2.75, 3.05) is 13.6 Å². The Labute approximate surface area is 113 Å². The molecule has 2 aromatic rings. The molecule has 0 aliphatic rings. The Hall–Kier alpha value is -2.09. The monoisotopic (exact) mass is 255 g/mol. The predicted octanol–water partition coefficient (Wildman–Crippen LogP) is 2.28. The third kappa shape index (κ3) is 3.22. The summed E-state index contributed by atoms with van der Waals surface area (Å²) >= 11 is 0. The second kappa shape index (κ2) is 6.19. The van der Waals surface area contributed by atoms with Gasteiger partial charge in [-0.2, -0.15) is 5.26 Å². The molecule has 98 valence electrons. The minimum Gasteiger partial charge on any atom is -0.468 e. The van der Waals surface area contributed by atoms with Crippen molar-refractivity contribution in [3.8, 4) is 6.07 Å². The van der Waals surface area contributed by atoms with Crippen LogP contribution in [0.2, 0.25) is 0 Å². The van der Waals surface area contributed by atoms with Gasteiger partial charge in [0.25, 0.3) is 0 Å². The van der Waals surface area contributed by atoms with Gasteiger partial charge < -0.3 is 10.2 Å². The maximum Gasteiger partial charge on any atom is 0.122 e. The summed E-state index contributed by atoms with van der Waals surface area (Å²) in [5.74, 6) is 0.862. The Kier molecular flexibility index (Phi) is 4.35. The van der Waals surface area contributed by atoms with Gasteiger partial charge >= 0.3 is 0 Å². The molecule has 1 aromatic heterocycles. The van der Waals surface area contributed by atoms with E-state index in [1.54, 1.807) is 12.3 Å². The number of nitrogens with two attached hydrogens (primary N) is 1. The molecule has 4 nitrogen and oxygen atoms in total. The van der Waals surface area contributed by atoms with Crippen molar-refractivity contribution in [1.29, 1.82) is 5.26 Å². The van der Waals surface area contributed by atoms with Gasteiger partial charge in [-0.3, -0.25) is 4.90 Å². The molecule has 0 saturated carbocycles. The van der Waals surface area contributed by atoms with Crippen LogP contribution in [-0.4, -0.2) is 18.5 Å². The molecule has 1 unspecified atom stereocenters. The summed E-state index contributed by atoms with van der Waals surface area (Å²) in [6.07, 6.45) is 1.65. The summed E-state index contributed by atoms with van der Waals surface area (Å²) in [6.45, 7) is 1.21. The number of rotatable bonds is 5. The van der Waals surface area contributed by atoms with Crippen molar-refractivity contribution < 1.29 is 4.42 Å². The zero-order valence-corrected chi connectivity index (χ0v) is 10.9. The van der Waals surface area contributed by atoms with E-state index in [2.05, 4.69) is 11.0 Å². The summed E-state index contributed by atoms with van der Waals surface area (Å²) in [4.78, 5) is 2.12. The van der Waals surface area contributed by atoms with Crippen LogP contribution >= 0.6 is 0 Å². The normalized spacial score (nSPS) is 12.3. The van der Waals surface area contributed by atoms with Gasteiger partial charge in [-0.05, 0) is 36.9 Å². The molecular weight excluding hydrogens is 238 g/mol. The van der Waals surface area contributed by atoms with Crippen molar-refractivity contribution in [3.05, 3.63) is 59.5 Å². The van der Waals surface area contributed by atoms with Crippen LogP contribution < -0.4 is 5.73 Å². The lowest BCUT2D eigenvalue weighted by Gasteiger charge is -2.25. The van der Waals surface area contributed by atoms with Crippen LogP contribution in [-0.2, 0) is 6.54 Å². The zero-order chi connectivity index (χ0) is 13.7. The first-order chi connectivity index (χ1) is 9.24. The van der Waals surface area contributed by atoms with E-state index in [1.165, 1.54) is 0 Å². The van der Waals surface area contributed by atoms with Crippen molar-refractivity contribution in [2.45, 2.75) is 12.6 Å². The first-order valence-corrected chi connectivity index (χ1v) is 6.17. The van der Waals surface area contributed by atoms with Crippen molar-refractivity contribution in [1.82, 2.24) is 4.90 Å². The number of hydrogen-bond acceptors (Lipinski definition) is 4. The molecule has 2 rings (SSSR count). The van der Waals surface area contributed by atoms with E-state index in [1.807, 2.05) is 37.4 Å². The molecule has 0 amide bonds. The molecule has 1 heterocycles. The van der Waals surface area contributed by atoms with Gasteiger partial charge in [0.2, 0.25) is 0 Å². The third-order valence-corrected chi connectivity index (χ3v) is 3.11. The van der Waals surface area contributed by atoms with E-state index in [-0.39, 0.29) is 6.04 Å². The molecule has 0 radical (unpaired) electrons. The average molecular weight is 255 g/mol. The van der Waals surface area contributed by atoms with Crippen LogP contribution in [0.5, 0.6) is 0 Å². The minimum absolute atomic E-state index is 0.0424. The molecule has 0 saturated heterocycles. The SMILES string of the molecule is CN(Cc1cccc(C#N)c1)C(CN)c1ccco1. The Morgan fingerprint density at radius 3 is 2.84 bits per heavy atom. The summed E-state index contributed by atoms with van der Waals surface area (Å²) in [7, 11) is 2.00. The highest BCUT2D eigenvalue weighted by molar-refractivity contribution is 5.32. The molecule has 1 aromatic carbocycles. The van der Waals surface area contributed by atoms with Crippen molar-refractivity contribution >= 4 is 0 Å². The standard InChI is InChI=1S/C15H17N3O/c1-18(14(10-17)15-6-3-7-19-15)11-13-5-2-4-12(8-13)9-16/h2-8,14H,10-11,17H2,1H3. The van der Waals surface area contributed by atoms with Crippen LogP contribution in [0.3, 0.4) is 0 Å². The molecule has 0 fully saturated rings. The quantitative estimate of drug-likeness (QED) is 0.890. The summed E-state index contributed by atoms with van der Waals surface area (Å²) < 4.78 is 5.42. The van der Waals surface area contributed by atoms with Gasteiger partial charge in [0.1, 0.15) is 5.76 Å². The minimum atomic E-state index is 0.0424. The predicted molar refractivity (Wildman–Crippen MR) is 73.1 cm³/mol. The van der Waals surface area contributed by atoms with Crippen LogP contribution in [0.1, 0.15) is 22.9 Å². The number of likely N-dealkylation sites (N-methyl/N-ethyl adjacent to an activating group) is 1. The van der Waals surface area contributed by atoms with E-state index in [0.717, 1.165) is 17.9 Å². The van der Waals surface area contributed by atoms with Crippen LogP contribution in [0.25, 0.3) is 0 Å². The molecule has 19 heavy (non-hydrogen) atoms. The van der Waals surface area contributed by atoms with Gasteiger partial charge in [0.15, 0.2) is 0 Å². The van der Waals surface area contributed by atoms with Crippen LogP contribution in [0.4, 0.5) is 0 Å². The highest BCUT2D eigenvalue weighted by atomic mass is 16.3. The summed E-state index contributed by atoms with van der Waals surface area (Å²) in [5, 5.41) is 8.90. The molecule has 1 atom stereocenters. The lowest BCUT2D eigenvalue weighted by molar-refractivity contribution is 0.213. The van der Waals surface area contributed by atoms with Gasteiger partial charge in [-0.1, -0.05) is 12.1 Å². The molecule has 0 aliphatic heterocycles. The largest absolute Gasteiger partial charge is 0.468 e. The fourth-order valence-electron chi connectivity index (χ4n) is 2.13. The Morgan fingerprint density at radius 2 is 2.21 bits per heavy atom. The lowest BCUT2D eigenvalue weighted by Crippen LogP contribution is -2.29. The highest BCUT2D eigenvalue weighted by Gasteiger charge is 2.18. The highest BCUT2D eigenvalue weighted by Crippen LogP contribution is 2.20. The van der Waals surface area contributed by atoms with Crippen molar-refractivity contribution in [3.63, 3.8) is 0 Å². The number of furan rings is 1. The van der Waals surface area contributed by atoms with E-state index < -0.39 is 0 Å². The maximum atomic E-state index is 8.90. The second-order valence-electron chi connectivity index (χ2n) is 4.49. The van der Waals surface area contributed by atoms with Crippen LogP contribution in [0.15, 0.2) is 47.1 Å². The number of nitrogens with zero attached hydrogens (tertiary/aromatic N) is 2. The fourth-order valence-corrected chi connectivity index (χ4v) is 2.13. The average Bonchev–Trinajstić information content (AvgIpc) is 2.93. The number of hydrogen-bond donors (Lipinski definition) is 1. The third-order valence-electron chi connectivity index (χ3n) is 3.11. The Bertz CT molecular complexity index is 557. The van der Waals surface area contributed by atoms with Crippen LogP contribution in [0, 0.1) is 11.3 Å². The smallest absolute Gasteiger partial charge is 0.122 e. The summed E-state index contributed by atoms with van der Waals surface area (Å²) in [5.41, 5.74) is 7.58. The zero-order valence-electron chi connectivity index (χ0n) is 10.9. The molecule has 2 N–H and O–H groups in total. The van der Waals surface area contributed by atoms with Gasteiger partial charge in [-0.15, -0.1) is 0 Å². The van der Waals surface area contributed by atoms with E-state index in [0.29, 0.717) is 12.1 Å². The van der Waals surface area contributed by atoms with Gasteiger partial charge in [-0.25, -0.2) is 0 Å². The first-order valence-electron chi connectivity index (χ1n) is 6.17. The first kappa shape index (κ1) is 13.3. The Balaban J connectivity index is 2.11. The summed E-state index contributed by atoms with van der Waals surface area (Å²) in [6, 6.07) is 13.6.